The van der Waals surface area contributed by atoms with E-state index in [2.05, 4.69) is 24.3 Å². The van der Waals surface area contributed by atoms with Gasteiger partial charge in [0.1, 0.15) is 0 Å². The third kappa shape index (κ3) is 4.94. The number of likely N-dealkylation sites (tertiary alicyclic amines) is 1. The van der Waals surface area contributed by atoms with E-state index in [1.807, 2.05) is 24.0 Å². The number of piperidine rings is 1. The summed E-state index contributed by atoms with van der Waals surface area (Å²) in [6, 6.07) is 12.4. The Morgan fingerprint density at radius 1 is 1.08 bits per heavy atom. The van der Waals surface area contributed by atoms with E-state index >= 15 is 0 Å². The highest BCUT2D eigenvalue weighted by molar-refractivity contribution is 7.13. The van der Waals surface area contributed by atoms with Crippen LogP contribution in [-0.4, -0.2) is 29.8 Å². The lowest BCUT2D eigenvalue weighted by Crippen LogP contribution is -2.38. The van der Waals surface area contributed by atoms with Gasteiger partial charge in [-0.25, -0.2) is 0 Å². The summed E-state index contributed by atoms with van der Waals surface area (Å²) in [5.74, 6) is 0.550. The Morgan fingerprint density at radius 3 is 2.31 bits per heavy atom. The molecule has 2 heterocycles. The van der Waals surface area contributed by atoms with E-state index in [4.69, 9.17) is 5.73 Å². The zero-order valence-corrected chi connectivity index (χ0v) is 16.1. The summed E-state index contributed by atoms with van der Waals surface area (Å²) in [5, 5.41) is 0. The largest absolute Gasteiger partial charge is 0.370 e. The van der Waals surface area contributed by atoms with Crippen molar-refractivity contribution in [3.8, 4) is 0 Å². The van der Waals surface area contributed by atoms with Crippen molar-refractivity contribution in [1.82, 2.24) is 4.90 Å². The van der Waals surface area contributed by atoms with Crippen molar-refractivity contribution in [2.24, 2.45) is 11.7 Å². The van der Waals surface area contributed by atoms with E-state index in [-0.39, 0.29) is 11.8 Å². The van der Waals surface area contributed by atoms with Crippen molar-refractivity contribution in [2.75, 3.05) is 13.1 Å². The molecule has 2 N–H and O–H groups in total. The summed E-state index contributed by atoms with van der Waals surface area (Å²) < 4.78 is 0. The molecule has 1 saturated heterocycles. The minimum absolute atomic E-state index is 0.181. The van der Waals surface area contributed by atoms with Crippen LogP contribution in [0.4, 0.5) is 0 Å². The fourth-order valence-corrected chi connectivity index (χ4v) is 4.32. The van der Waals surface area contributed by atoms with Crippen LogP contribution in [0.25, 0.3) is 0 Å². The SMILES string of the molecule is Cc1ccc(C(=O)N2CCC(Cc3ccc(CCC(N)=O)cc3)CC2)s1. The molecule has 2 aromatic rings. The molecule has 3 rings (SSSR count). The van der Waals surface area contributed by atoms with E-state index in [0.717, 1.165) is 42.8 Å². The number of nitrogens with two attached hydrogens (primary N) is 1. The van der Waals surface area contributed by atoms with Gasteiger partial charge < -0.3 is 10.6 Å². The second-order valence-electron chi connectivity index (χ2n) is 7.13. The van der Waals surface area contributed by atoms with Gasteiger partial charge in [0.05, 0.1) is 4.88 Å². The lowest BCUT2D eigenvalue weighted by Gasteiger charge is -2.32. The first-order valence-corrected chi connectivity index (χ1v) is 10.0. The summed E-state index contributed by atoms with van der Waals surface area (Å²) >= 11 is 1.58. The lowest BCUT2D eigenvalue weighted by atomic mass is 9.89. The first-order valence-electron chi connectivity index (χ1n) is 9.23. The summed E-state index contributed by atoms with van der Waals surface area (Å²) in [6.45, 7) is 3.72. The maximum Gasteiger partial charge on any atom is 0.263 e. The van der Waals surface area contributed by atoms with Gasteiger partial charge in [0.25, 0.3) is 5.91 Å². The maximum absolute atomic E-state index is 12.5. The average Bonchev–Trinajstić information content (AvgIpc) is 3.07. The van der Waals surface area contributed by atoms with Gasteiger partial charge in [0.15, 0.2) is 0 Å². The zero-order valence-electron chi connectivity index (χ0n) is 15.2. The molecule has 0 atom stereocenters. The molecule has 2 amide bonds. The molecule has 0 unspecified atom stereocenters. The Hall–Kier alpha value is -2.14. The predicted molar refractivity (Wildman–Crippen MR) is 105 cm³/mol. The number of carbonyl (C=O) groups is 2. The van der Waals surface area contributed by atoms with Crippen molar-refractivity contribution in [3.05, 3.63) is 57.3 Å². The van der Waals surface area contributed by atoms with E-state index in [9.17, 15) is 9.59 Å². The van der Waals surface area contributed by atoms with Gasteiger partial charge in [0.2, 0.25) is 5.91 Å². The van der Waals surface area contributed by atoms with Crippen LogP contribution >= 0.6 is 11.3 Å². The number of hydrogen-bond acceptors (Lipinski definition) is 3. The minimum atomic E-state index is -0.256. The smallest absolute Gasteiger partial charge is 0.263 e. The van der Waals surface area contributed by atoms with Gasteiger partial charge >= 0.3 is 0 Å². The predicted octanol–water partition coefficient (Wildman–Crippen LogP) is 3.57. The molecule has 1 fully saturated rings. The van der Waals surface area contributed by atoms with Crippen molar-refractivity contribution >= 4 is 23.2 Å². The normalized spacial score (nSPS) is 15.2. The van der Waals surface area contributed by atoms with Crippen LogP contribution in [-0.2, 0) is 17.6 Å². The van der Waals surface area contributed by atoms with E-state index < -0.39 is 0 Å². The van der Waals surface area contributed by atoms with Crippen LogP contribution in [0.5, 0.6) is 0 Å². The molecule has 1 aliphatic rings. The number of carbonyl (C=O) groups excluding carboxylic acids is 2. The first kappa shape index (κ1) is 18.6. The van der Waals surface area contributed by atoms with Crippen molar-refractivity contribution in [2.45, 2.75) is 39.0 Å². The van der Waals surface area contributed by atoms with E-state index in [0.29, 0.717) is 18.8 Å². The molecule has 5 heteroatoms. The Kier molecular flexibility index (Phi) is 6.09. The van der Waals surface area contributed by atoms with Gasteiger partial charge in [-0.2, -0.15) is 0 Å². The van der Waals surface area contributed by atoms with Crippen LogP contribution in [0.3, 0.4) is 0 Å². The molecule has 138 valence electrons. The molecule has 1 aliphatic heterocycles. The summed E-state index contributed by atoms with van der Waals surface area (Å²) in [4.78, 5) is 27.4. The van der Waals surface area contributed by atoms with Gasteiger partial charge in [-0.3, -0.25) is 9.59 Å². The standard InChI is InChI=1S/C21H26N2O2S/c1-15-2-8-19(26-15)21(25)23-12-10-18(11-13-23)14-17-5-3-16(4-6-17)7-9-20(22)24/h2-6,8,18H,7,9-14H2,1H3,(H2,22,24). The molecule has 0 spiro atoms. The topological polar surface area (TPSA) is 63.4 Å². The summed E-state index contributed by atoms with van der Waals surface area (Å²) in [6.07, 6.45) is 4.27. The fourth-order valence-electron chi connectivity index (χ4n) is 3.49. The second kappa shape index (κ2) is 8.49. The van der Waals surface area contributed by atoms with Crippen LogP contribution in [0.2, 0.25) is 0 Å². The van der Waals surface area contributed by atoms with Crippen LogP contribution in [0.15, 0.2) is 36.4 Å². The number of aryl methyl sites for hydroxylation is 2. The Balaban J connectivity index is 1.48. The zero-order chi connectivity index (χ0) is 18.5. The molecule has 0 radical (unpaired) electrons. The number of rotatable bonds is 6. The molecule has 26 heavy (non-hydrogen) atoms. The minimum Gasteiger partial charge on any atom is -0.370 e. The number of hydrogen-bond donors (Lipinski definition) is 1. The number of benzene rings is 1. The molecule has 0 saturated carbocycles. The van der Waals surface area contributed by atoms with Crippen molar-refractivity contribution in [1.29, 1.82) is 0 Å². The van der Waals surface area contributed by atoms with Gasteiger partial charge in [-0.05, 0) is 61.8 Å². The molecule has 1 aromatic heterocycles. The van der Waals surface area contributed by atoms with Gasteiger partial charge in [0, 0.05) is 24.4 Å². The highest BCUT2D eigenvalue weighted by Crippen LogP contribution is 2.25. The molecule has 1 aromatic carbocycles. The lowest BCUT2D eigenvalue weighted by molar-refractivity contribution is -0.117. The van der Waals surface area contributed by atoms with E-state index in [1.165, 1.54) is 10.4 Å². The number of thiophene rings is 1. The summed E-state index contributed by atoms with van der Waals surface area (Å²) in [7, 11) is 0. The third-order valence-electron chi connectivity index (χ3n) is 5.06. The van der Waals surface area contributed by atoms with Crippen LogP contribution in [0.1, 0.15) is 44.9 Å². The van der Waals surface area contributed by atoms with Gasteiger partial charge in [-0.15, -0.1) is 11.3 Å². The first-order chi connectivity index (χ1) is 12.5. The Labute approximate surface area is 159 Å². The molecular weight excluding hydrogens is 344 g/mol. The monoisotopic (exact) mass is 370 g/mol. The van der Waals surface area contributed by atoms with Crippen LogP contribution < -0.4 is 5.73 Å². The highest BCUT2D eigenvalue weighted by atomic mass is 32.1. The van der Waals surface area contributed by atoms with E-state index in [1.54, 1.807) is 11.3 Å². The highest BCUT2D eigenvalue weighted by Gasteiger charge is 2.24. The number of amides is 2. The molecule has 4 nitrogen and oxygen atoms in total. The molecular formula is C21H26N2O2S. The number of primary amides is 1. The number of nitrogens with zero attached hydrogens (tertiary/aromatic N) is 1. The third-order valence-corrected chi connectivity index (χ3v) is 6.05. The quantitative estimate of drug-likeness (QED) is 0.845. The summed E-state index contributed by atoms with van der Waals surface area (Å²) in [5.41, 5.74) is 7.68. The molecule has 0 bridgehead atoms. The maximum atomic E-state index is 12.5. The van der Waals surface area contributed by atoms with Crippen molar-refractivity contribution < 1.29 is 9.59 Å². The van der Waals surface area contributed by atoms with Crippen molar-refractivity contribution in [3.63, 3.8) is 0 Å². The Bertz CT molecular complexity index is 759. The second-order valence-corrected chi connectivity index (χ2v) is 8.42. The molecule has 0 aliphatic carbocycles. The van der Waals surface area contributed by atoms with Crippen LogP contribution in [0, 0.1) is 12.8 Å². The van der Waals surface area contributed by atoms with Gasteiger partial charge in [-0.1, -0.05) is 24.3 Å². The fraction of sp³-hybridized carbons (Fsp3) is 0.429. The Morgan fingerprint density at radius 2 is 1.73 bits per heavy atom. The average molecular weight is 371 g/mol.